The molecule has 0 atom stereocenters. The molecular formula is C20H21NO2Si. The molecule has 0 radical (unpaired) electrons. The number of nitrogens with zero attached hydrogens (tertiary/aromatic N) is 1. The Morgan fingerprint density at radius 3 is 2.42 bits per heavy atom. The smallest absolute Gasteiger partial charge is 0.229 e. The average molecular weight is 335 g/mol. The van der Waals surface area contributed by atoms with Gasteiger partial charge in [0, 0.05) is 5.56 Å². The number of hydrogen-bond donors (Lipinski definition) is 0. The van der Waals surface area contributed by atoms with Crippen molar-refractivity contribution in [1.82, 2.24) is 0 Å². The molecule has 0 aliphatic rings. The molecule has 0 aliphatic carbocycles. The fraction of sp³-hybridized carbons (Fsp3) is 0.150. The number of hydrogen-bond acceptors (Lipinski definition) is 3. The Hall–Kier alpha value is -2.59. The maximum absolute atomic E-state index is 6.08. The van der Waals surface area contributed by atoms with E-state index >= 15 is 0 Å². The van der Waals surface area contributed by atoms with Crippen molar-refractivity contribution in [2.45, 2.75) is 20.0 Å². The van der Waals surface area contributed by atoms with Gasteiger partial charge in [-0.15, -0.1) is 0 Å². The van der Waals surface area contributed by atoms with Crippen molar-refractivity contribution in [2.75, 3.05) is 0 Å². The van der Waals surface area contributed by atoms with Gasteiger partial charge in [0.1, 0.15) is 17.1 Å². The van der Waals surface area contributed by atoms with Gasteiger partial charge < -0.3 is 8.84 Å². The molecule has 0 N–H and O–H groups in total. The number of rotatable bonds is 5. The highest BCUT2D eigenvalue weighted by atomic mass is 28.3. The Bertz CT molecular complexity index is 824. The molecule has 0 saturated carbocycles. The minimum Gasteiger partial charge on any atom is -0.546 e. The van der Waals surface area contributed by atoms with E-state index in [-0.39, 0.29) is 0 Å². The zero-order valence-electron chi connectivity index (χ0n) is 14.2. The predicted molar refractivity (Wildman–Crippen MR) is 101 cm³/mol. The van der Waals surface area contributed by atoms with Crippen molar-refractivity contribution in [3.8, 4) is 5.75 Å². The molecule has 2 aromatic carbocycles. The SMILES string of the molecule is Cc1cccc(O[SiH](C)C)c1N=C(c1ccccc1)c1ccco1. The van der Waals surface area contributed by atoms with Gasteiger partial charge in [0.2, 0.25) is 9.04 Å². The molecule has 0 aliphatic heterocycles. The molecule has 24 heavy (non-hydrogen) atoms. The molecule has 1 heterocycles. The third kappa shape index (κ3) is 3.66. The first-order chi connectivity index (χ1) is 11.6. The van der Waals surface area contributed by atoms with Crippen molar-refractivity contribution in [2.24, 2.45) is 4.99 Å². The van der Waals surface area contributed by atoms with Gasteiger partial charge in [0.15, 0.2) is 5.76 Å². The standard InChI is InChI=1S/C20H21NO2Si/c1-15-9-7-12-18(23-24(2)3)19(15)21-20(17-13-8-14-22-17)16-10-5-4-6-11-16/h4-14,24H,1-3H3. The van der Waals surface area contributed by atoms with Crippen LogP contribution in [0.5, 0.6) is 5.75 Å². The summed E-state index contributed by atoms with van der Waals surface area (Å²) >= 11 is 0. The quantitative estimate of drug-likeness (QED) is 0.479. The van der Waals surface area contributed by atoms with Crippen molar-refractivity contribution in [3.05, 3.63) is 83.8 Å². The van der Waals surface area contributed by atoms with E-state index < -0.39 is 9.04 Å². The van der Waals surface area contributed by atoms with Crippen LogP contribution in [0.15, 0.2) is 76.3 Å². The van der Waals surface area contributed by atoms with Crippen LogP contribution in [-0.2, 0) is 0 Å². The molecular weight excluding hydrogens is 314 g/mol. The summed E-state index contributed by atoms with van der Waals surface area (Å²) in [5.74, 6) is 1.59. The molecule has 0 saturated heterocycles. The topological polar surface area (TPSA) is 34.7 Å². The first-order valence-electron chi connectivity index (χ1n) is 8.09. The van der Waals surface area contributed by atoms with Crippen molar-refractivity contribution < 1.29 is 8.84 Å². The number of aliphatic imine (C=N–C) groups is 1. The van der Waals surface area contributed by atoms with Gasteiger partial charge in [-0.2, -0.15) is 0 Å². The third-order valence-corrected chi connectivity index (χ3v) is 4.31. The normalized spacial score (nSPS) is 11.8. The highest BCUT2D eigenvalue weighted by Gasteiger charge is 2.14. The second-order valence-corrected chi connectivity index (χ2v) is 8.23. The first kappa shape index (κ1) is 16.3. The van der Waals surface area contributed by atoms with E-state index in [2.05, 4.69) is 26.1 Å². The highest BCUT2D eigenvalue weighted by Crippen LogP contribution is 2.33. The van der Waals surface area contributed by atoms with E-state index in [9.17, 15) is 0 Å². The fourth-order valence-electron chi connectivity index (χ4n) is 2.51. The first-order valence-corrected chi connectivity index (χ1v) is 10.9. The van der Waals surface area contributed by atoms with Crippen LogP contribution in [0.4, 0.5) is 5.69 Å². The van der Waals surface area contributed by atoms with Gasteiger partial charge >= 0.3 is 0 Å². The molecule has 1 aromatic heterocycles. The lowest BCUT2D eigenvalue weighted by molar-refractivity contribution is 0.558. The van der Waals surface area contributed by atoms with Crippen LogP contribution in [0.1, 0.15) is 16.9 Å². The molecule has 3 rings (SSSR count). The van der Waals surface area contributed by atoms with Gasteiger partial charge in [-0.05, 0) is 43.8 Å². The molecule has 4 heteroatoms. The van der Waals surface area contributed by atoms with Crippen LogP contribution in [0, 0.1) is 6.92 Å². The van der Waals surface area contributed by atoms with E-state index in [1.54, 1.807) is 6.26 Å². The van der Waals surface area contributed by atoms with Gasteiger partial charge in [-0.1, -0.05) is 42.5 Å². The summed E-state index contributed by atoms with van der Waals surface area (Å²) in [6.45, 7) is 6.36. The zero-order chi connectivity index (χ0) is 16.9. The number of benzene rings is 2. The van der Waals surface area contributed by atoms with E-state index in [4.69, 9.17) is 13.8 Å². The summed E-state index contributed by atoms with van der Waals surface area (Å²) in [6.07, 6.45) is 1.67. The number of furan rings is 1. The second kappa shape index (κ2) is 7.32. The molecule has 3 nitrogen and oxygen atoms in total. The molecule has 3 aromatic rings. The van der Waals surface area contributed by atoms with Crippen molar-refractivity contribution >= 4 is 20.4 Å². The molecule has 0 unspecified atom stereocenters. The molecule has 0 amide bonds. The number of aryl methyl sites for hydroxylation is 1. The minimum absolute atomic E-state index is 0.747. The van der Waals surface area contributed by atoms with Crippen molar-refractivity contribution in [1.29, 1.82) is 0 Å². The second-order valence-electron chi connectivity index (χ2n) is 5.89. The van der Waals surface area contributed by atoms with Gasteiger partial charge in [0.25, 0.3) is 0 Å². The monoisotopic (exact) mass is 335 g/mol. The van der Waals surface area contributed by atoms with Crippen LogP contribution in [0.3, 0.4) is 0 Å². The molecule has 122 valence electrons. The Balaban J connectivity index is 2.16. The lowest BCUT2D eigenvalue weighted by Gasteiger charge is -2.14. The molecule has 0 fully saturated rings. The summed E-state index contributed by atoms with van der Waals surface area (Å²) in [5, 5.41) is 0. The largest absolute Gasteiger partial charge is 0.546 e. The van der Waals surface area contributed by atoms with Crippen LogP contribution < -0.4 is 4.43 Å². The highest BCUT2D eigenvalue weighted by molar-refractivity contribution is 6.49. The maximum Gasteiger partial charge on any atom is 0.229 e. The van der Waals surface area contributed by atoms with Gasteiger partial charge in [0.05, 0.1) is 6.26 Å². The minimum atomic E-state index is -1.22. The van der Waals surface area contributed by atoms with Gasteiger partial charge in [-0.25, -0.2) is 4.99 Å². The molecule has 0 bridgehead atoms. The Kier molecular flexibility index (Phi) is 4.96. The van der Waals surface area contributed by atoms with Crippen molar-refractivity contribution in [3.63, 3.8) is 0 Å². The van der Waals surface area contributed by atoms with E-state index in [1.165, 1.54) is 0 Å². The van der Waals surface area contributed by atoms with E-state index in [0.29, 0.717) is 0 Å². The Labute approximate surface area is 144 Å². The summed E-state index contributed by atoms with van der Waals surface area (Å²) < 4.78 is 11.7. The van der Waals surface area contributed by atoms with E-state index in [1.807, 2.05) is 54.6 Å². The summed E-state index contributed by atoms with van der Waals surface area (Å²) in [7, 11) is -1.22. The Morgan fingerprint density at radius 2 is 1.75 bits per heavy atom. The summed E-state index contributed by atoms with van der Waals surface area (Å²) in [5.41, 5.74) is 3.78. The lowest BCUT2D eigenvalue weighted by atomic mass is 10.1. The summed E-state index contributed by atoms with van der Waals surface area (Å²) in [4.78, 5) is 4.94. The molecule has 0 spiro atoms. The average Bonchev–Trinajstić information content (AvgIpc) is 3.09. The summed E-state index contributed by atoms with van der Waals surface area (Å²) in [6, 6.07) is 19.9. The van der Waals surface area contributed by atoms with Crippen LogP contribution in [-0.4, -0.2) is 14.8 Å². The maximum atomic E-state index is 6.08. The van der Waals surface area contributed by atoms with E-state index in [0.717, 1.165) is 34.0 Å². The lowest BCUT2D eigenvalue weighted by Crippen LogP contribution is -2.11. The number of para-hydroxylation sites is 1. The zero-order valence-corrected chi connectivity index (χ0v) is 15.3. The predicted octanol–water partition coefficient (Wildman–Crippen LogP) is 5.12. The van der Waals surface area contributed by atoms with Crippen LogP contribution >= 0.6 is 0 Å². The van der Waals surface area contributed by atoms with Crippen LogP contribution in [0.2, 0.25) is 13.1 Å². The Morgan fingerprint density at radius 1 is 0.958 bits per heavy atom. The van der Waals surface area contributed by atoms with Gasteiger partial charge in [-0.3, -0.25) is 0 Å². The fourth-order valence-corrected chi connectivity index (χ4v) is 3.21. The van der Waals surface area contributed by atoms with Crippen LogP contribution in [0.25, 0.3) is 0 Å². The third-order valence-electron chi connectivity index (χ3n) is 3.59.